The third-order valence-corrected chi connectivity index (χ3v) is 6.52. The van der Waals surface area contributed by atoms with Crippen LogP contribution in [0.15, 0.2) is 36.4 Å². The largest absolute Gasteiger partial charge is 0.496 e. The summed E-state index contributed by atoms with van der Waals surface area (Å²) < 4.78 is 24.1. The predicted molar refractivity (Wildman–Crippen MR) is 136 cm³/mol. The van der Waals surface area contributed by atoms with Crippen molar-refractivity contribution >= 4 is 28.9 Å². The van der Waals surface area contributed by atoms with E-state index in [-0.39, 0.29) is 12.5 Å². The molecule has 2 heterocycles. The predicted octanol–water partition coefficient (Wildman–Crippen LogP) is 4.37. The van der Waals surface area contributed by atoms with E-state index in [2.05, 4.69) is 6.92 Å². The number of nitrogens with zero attached hydrogens (tertiary/aromatic N) is 3. The second-order valence-corrected chi connectivity index (χ2v) is 8.59. The molecule has 1 amide bonds. The van der Waals surface area contributed by atoms with Crippen molar-refractivity contribution in [2.24, 2.45) is 5.92 Å². The molecule has 192 valence electrons. The molecule has 1 aliphatic heterocycles. The highest BCUT2D eigenvalue weighted by Crippen LogP contribution is 2.47. The first-order valence-corrected chi connectivity index (χ1v) is 12.2. The second kappa shape index (κ2) is 10.9. The van der Waals surface area contributed by atoms with E-state index in [1.165, 1.54) is 14.2 Å². The number of imidazole rings is 1. The fourth-order valence-corrected chi connectivity index (χ4v) is 4.84. The molecule has 9 heteroatoms. The molecule has 2 aromatic carbocycles. The second-order valence-electron chi connectivity index (χ2n) is 8.59. The number of rotatable bonds is 10. The molecule has 0 saturated heterocycles. The van der Waals surface area contributed by atoms with E-state index in [1.54, 1.807) is 31.1 Å². The number of aromatic nitrogens is 2. The number of benzene rings is 2. The van der Waals surface area contributed by atoms with Gasteiger partial charge >= 0.3 is 5.97 Å². The summed E-state index contributed by atoms with van der Waals surface area (Å²) in [6.07, 6.45) is 2.76. The molecule has 1 aliphatic rings. The molecule has 0 bridgehead atoms. The number of esters is 1. The fraction of sp³-hybridized carbons (Fsp3) is 0.444. The van der Waals surface area contributed by atoms with Crippen LogP contribution in [-0.4, -0.2) is 55.9 Å². The van der Waals surface area contributed by atoms with Gasteiger partial charge in [0.1, 0.15) is 5.75 Å². The van der Waals surface area contributed by atoms with Gasteiger partial charge in [0.2, 0.25) is 11.9 Å². The molecule has 0 saturated carbocycles. The number of amides is 1. The lowest BCUT2D eigenvalue weighted by molar-refractivity contribution is -0.153. The number of hydrogen-bond donors (Lipinski definition) is 0. The summed E-state index contributed by atoms with van der Waals surface area (Å²) in [5.74, 6) is -0.168. The Morgan fingerprint density at radius 2 is 1.67 bits per heavy atom. The first-order chi connectivity index (χ1) is 17.5. The lowest BCUT2D eigenvalue weighted by atomic mass is 9.88. The number of para-hydroxylation sites is 2. The quantitative estimate of drug-likeness (QED) is 0.234. The molecule has 0 aliphatic carbocycles. The third-order valence-electron chi connectivity index (χ3n) is 6.52. The van der Waals surface area contributed by atoms with Gasteiger partial charge in [-0.25, -0.2) is 4.98 Å². The average molecular weight is 496 g/mol. The van der Waals surface area contributed by atoms with Crippen LogP contribution in [0.1, 0.15) is 44.7 Å². The Morgan fingerprint density at radius 1 is 0.972 bits per heavy atom. The van der Waals surface area contributed by atoms with Crippen LogP contribution in [0.3, 0.4) is 0 Å². The van der Waals surface area contributed by atoms with E-state index in [4.69, 9.17) is 23.9 Å². The molecule has 1 aromatic heterocycles. The van der Waals surface area contributed by atoms with Crippen molar-refractivity contribution in [2.75, 3.05) is 39.4 Å². The van der Waals surface area contributed by atoms with Gasteiger partial charge in [0.15, 0.2) is 17.4 Å². The maximum absolute atomic E-state index is 14.0. The molecule has 2 atom stereocenters. The topological polar surface area (TPSA) is 92.1 Å². The fourth-order valence-electron chi connectivity index (χ4n) is 4.84. The number of carbonyl (C=O) groups is 2. The van der Waals surface area contributed by atoms with E-state index in [0.29, 0.717) is 35.3 Å². The summed E-state index contributed by atoms with van der Waals surface area (Å²) in [5, 5.41) is 0. The Balaban J connectivity index is 2.02. The van der Waals surface area contributed by atoms with Crippen molar-refractivity contribution in [1.82, 2.24) is 9.55 Å². The summed E-state index contributed by atoms with van der Waals surface area (Å²) in [6.45, 7) is 4.45. The molecule has 9 nitrogen and oxygen atoms in total. The van der Waals surface area contributed by atoms with Crippen LogP contribution in [0.2, 0.25) is 0 Å². The Labute approximate surface area is 210 Å². The van der Waals surface area contributed by atoms with Crippen LogP contribution in [0, 0.1) is 5.92 Å². The monoisotopic (exact) mass is 495 g/mol. The van der Waals surface area contributed by atoms with Gasteiger partial charge in [-0.05, 0) is 31.5 Å². The summed E-state index contributed by atoms with van der Waals surface area (Å²) in [5.41, 5.74) is 2.13. The maximum Gasteiger partial charge on any atom is 0.321 e. The van der Waals surface area contributed by atoms with Crippen molar-refractivity contribution < 1.29 is 28.5 Å². The molecule has 0 radical (unpaired) electrons. The van der Waals surface area contributed by atoms with Crippen LogP contribution in [0.4, 0.5) is 5.95 Å². The number of ether oxygens (including phenoxy) is 4. The zero-order chi connectivity index (χ0) is 25.8. The molecule has 3 aromatic rings. The molecular formula is C27H33N3O6. The molecular weight excluding hydrogens is 462 g/mol. The maximum atomic E-state index is 14.0. The number of hydrogen-bond acceptors (Lipinski definition) is 7. The van der Waals surface area contributed by atoms with Crippen LogP contribution in [-0.2, 0) is 14.3 Å². The standard InChI is InChI=1S/C27H33N3O6/c1-6-8-11-14-29-25(31)23(26(32)36-7-2)24(30-19-13-10-9-12-18(19)28-27(29)30)17-15-21(34-4)22(35-5)16-20(17)33-3/h9-10,12-13,15-16,23-24H,6-8,11,14H2,1-5H3/t23-,24-/m1/s1. The Hall–Kier alpha value is -3.75. The minimum atomic E-state index is -1.14. The van der Waals surface area contributed by atoms with Crippen LogP contribution in [0.25, 0.3) is 11.0 Å². The van der Waals surface area contributed by atoms with Crippen LogP contribution >= 0.6 is 0 Å². The molecule has 0 N–H and O–H groups in total. The van der Waals surface area contributed by atoms with Crippen molar-refractivity contribution in [3.05, 3.63) is 42.0 Å². The Morgan fingerprint density at radius 3 is 2.33 bits per heavy atom. The first-order valence-electron chi connectivity index (χ1n) is 12.2. The van der Waals surface area contributed by atoms with Crippen LogP contribution in [0.5, 0.6) is 17.2 Å². The van der Waals surface area contributed by atoms with Gasteiger partial charge < -0.3 is 23.5 Å². The van der Waals surface area contributed by atoms with E-state index in [9.17, 15) is 9.59 Å². The Kier molecular flexibility index (Phi) is 7.67. The number of methoxy groups -OCH3 is 3. The summed E-state index contributed by atoms with van der Waals surface area (Å²) in [6, 6.07) is 10.3. The number of unbranched alkanes of at least 4 members (excludes halogenated alkanes) is 2. The van der Waals surface area contributed by atoms with E-state index in [0.717, 1.165) is 30.3 Å². The zero-order valence-electron chi connectivity index (χ0n) is 21.4. The summed E-state index contributed by atoms with van der Waals surface area (Å²) in [7, 11) is 4.62. The smallest absolute Gasteiger partial charge is 0.321 e. The Bertz CT molecular complexity index is 1250. The lowest BCUT2D eigenvalue weighted by Gasteiger charge is -2.38. The van der Waals surface area contributed by atoms with Gasteiger partial charge in [-0.3, -0.25) is 14.5 Å². The number of anilines is 1. The van der Waals surface area contributed by atoms with E-state index >= 15 is 0 Å². The van der Waals surface area contributed by atoms with Crippen molar-refractivity contribution in [3.63, 3.8) is 0 Å². The van der Waals surface area contributed by atoms with Gasteiger partial charge in [0.05, 0.1) is 45.0 Å². The SMILES string of the molecule is CCCCCN1C(=O)[C@H](C(=O)OCC)[C@@H](c2cc(OC)c(OC)cc2OC)n2c1nc1ccccc12. The normalized spacial score (nSPS) is 17.1. The van der Waals surface area contributed by atoms with Crippen LogP contribution < -0.4 is 19.1 Å². The highest BCUT2D eigenvalue weighted by atomic mass is 16.5. The van der Waals surface area contributed by atoms with Gasteiger partial charge in [-0.1, -0.05) is 31.9 Å². The van der Waals surface area contributed by atoms with E-state index in [1.807, 2.05) is 28.8 Å². The zero-order valence-corrected chi connectivity index (χ0v) is 21.4. The number of fused-ring (bicyclic) bond motifs is 3. The number of carbonyl (C=O) groups excluding carboxylic acids is 2. The van der Waals surface area contributed by atoms with E-state index < -0.39 is 17.9 Å². The minimum absolute atomic E-state index is 0.159. The van der Waals surface area contributed by atoms with Gasteiger partial charge in [0.25, 0.3) is 0 Å². The van der Waals surface area contributed by atoms with Crippen molar-refractivity contribution in [3.8, 4) is 17.2 Å². The highest BCUT2D eigenvalue weighted by Gasteiger charge is 2.48. The van der Waals surface area contributed by atoms with Crippen molar-refractivity contribution in [1.29, 1.82) is 0 Å². The molecule has 36 heavy (non-hydrogen) atoms. The minimum Gasteiger partial charge on any atom is -0.496 e. The third kappa shape index (κ3) is 4.34. The van der Waals surface area contributed by atoms with Crippen molar-refractivity contribution in [2.45, 2.75) is 39.2 Å². The van der Waals surface area contributed by atoms with Gasteiger partial charge in [0, 0.05) is 18.2 Å². The average Bonchev–Trinajstić information content (AvgIpc) is 3.28. The molecule has 0 spiro atoms. The molecule has 4 rings (SSSR count). The first kappa shape index (κ1) is 25.3. The lowest BCUT2D eigenvalue weighted by Crippen LogP contribution is -2.50. The van der Waals surface area contributed by atoms with Gasteiger partial charge in [-0.2, -0.15) is 0 Å². The molecule has 0 unspecified atom stereocenters. The summed E-state index contributed by atoms with van der Waals surface area (Å²) >= 11 is 0. The van der Waals surface area contributed by atoms with Gasteiger partial charge in [-0.15, -0.1) is 0 Å². The molecule has 0 fully saturated rings. The summed E-state index contributed by atoms with van der Waals surface area (Å²) in [4.78, 5) is 33.9. The highest BCUT2D eigenvalue weighted by molar-refractivity contribution is 6.08.